The van der Waals surface area contributed by atoms with Crippen LogP contribution in [0.5, 0.6) is 5.75 Å². The summed E-state index contributed by atoms with van der Waals surface area (Å²) in [6, 6.07) is 12.5. The smallest absolute Gasteiger partial charge is 0.272 e. The molecule has 0 N–H and O–H groups in total. The van der Waals surface area contributed by atoms with E-state index in [4.69, 9.17) is 16.3 Å². The molecule has 0 fully saturated rings. The zero-order valence-corrected chi connectivity index (χ0v) is 18.7. The van der Waals surface area contributed by atoms with E-state index >= 15 is 0 Å². The van der Waals surface area contributed by atoms with Crippen LogP contribution in [0.3, 0.4) is 0 Å². The normalized spacial score (nSPS) is 14.6. The second-order valence-corrected chi connectivity index (χ2v) is 9.46. The van der Waals surface area contributed by atoms with E-state index in [1.165, 1.54) is 16.7 Å². The fraction of sp³-hybridized carbons (Fsp3) is 0.304. The molecule has 2 aromatic rings. The summed E-state index contributed by atoms with van der Waals surface area (Å²) >= 11 is 7.55. The Labute approximate surface area is 180 Å². The Kier molecular flexibility index (Phi) is 6.39. The van der Waals surface area contributed by atoms with Gasteiger partial charge < -0.3 is 4.74 Å². The van der Waals surface area contributed by atoms with Crippen molar-refractivity contribution in [2.75, 3.05) is 4.90 Å². The molecule has 0 aliphatic carbocycles. The van der Waals surface area contributed by atoms with Gasteiger partial charge in [-0.2, -0.15) is 0 Å². The Balaban J connectivity index is 2.06. The van der Waals surface area contributed by atoms with Gasteiger partial charge in [-0.3, -0.25) is 9.59 Å². The van der Waals surface area contributed by atoms with Crippen LogP contribution in [-0.4, -0.2) is 23.2 Å². The van der Waals surface area contributed by atoms with Gasteiger partial charge >= 0.3 is 0 Å². The number of hydrogen-bond acceptors (Lipinski definition) is 4. The number of benzene rings is 2. The number of rotatable bonds is 6. The lowest BCUT2D eigenvalue weighted by Gasteiger charge is -2.18. The van der Waals surface area contributed by atoms with Crippen molar-refractivity contribution in [3.63, 3.8) is 0 Å². The zero-order chi connectivity index (χ0) is 21.3. The number of aryl methyl sites for hydroxylation is 1. The SMILES string of the molecule is Cc1ccc(Cl)cc1N1C(=O)C(SC(C)C)=C(c2ccc(OC(C)C)cc2)C1=O. The predicted molar refractivity (Wildman–Crippen MR) is 121 cm³/mol. The van der Waals surface area contributed by atoms with Crippen molar-refractivity contribution < 1.29 is 14.3 Å². The summed E-state index contributed by atoms with van der Waals surface area (Å²) in [5, 5.41) is 0.633. The van der Waals surface area contributed by atoms with Gasteiger partial charge in [-0.25, -0.2) is 4.90 Å². The molecule has 6 heteroatoms. The number of halogens is 1. The van der Waals surface area contributed by atoms with Gasteiger partial charge in [-0.05, 0) is 56.2 Å². The van der Waals surface area contributed by atoms with Crippen LogP contribution in [0, 0.1) is 6.92 Å². The van der Waals surface area contributed by atoms with Crippen LogP contribution >= 0.6 is 23.4 Å². The lowest BCUT2D eigenvalue weighted by Crippen LogP contribution is -2.32. The van der Waals surface area contributed by atoms with Crippen LogP contribution in [0.1, 0.15) is 38.8 Å². The highest BCUT2D eigenvalue weighted by atomic mass is 35.5. The molecular weight excluding hydrogens is 406 g/mol. The first-order chi connectivity index (χ1) is 13.7. The Hall–Kier alpha value is -2.24. The number of hydrogen-bond donors (Lipinski definition) is 0. The molecule has 0 aromatic heterocycles. The topological polar surface area (TPSA) is 46.6 Å². The summed E-state index contributed by atoms with van der Waals surface area (Å²) in [6.45, 7) is 9.77. The van der Waals surface area contributed by atoms with Crippen molar-refractivity contribution in [1.29, 1.82) is 0 Å². The largest absolute Gasteiger partial charge is 0.491 e. The highest BCUT2D eigenvalue weighted by Gasteiger charge is 2.41. The summed E-state index contributed by atoms with van der Waals surface area (Å²) in [4.78, 5) is 28.4. The Bertz CT molecular complexity index is 980. The quantitative estimate of drug-likeness (QED) is 0.539. The average Bonchev–Trinajstić information content (AvgIpc) is 2.87. The highest BCUT2D eigenvalue weighted by Crippen LogP contribution is 2.41. The Morgan fingerprint density at radius 3 is 2.21 bits per heavy atom. The predicted octanol–water partition coefficient (Wildman–Crippen LogP) is 5.86. The molecule has 0 atom stereocenters. The zero-order valence-electron chi connectivity index (χ0n) is 17.2. The van der Waals surface area contributed by atoms with Crippen molar-refractivity contribution in [2.24, 2.45) is 0 Å². The molecule has 29 heavy (non-hydrogen) atoms. The van der Waals surface area contributed by atoms with Crippen molar-refractivity contribution >= 4 is 46.4 Å². The Morgan fingerprint density at radius 2 is 1.62 bits per heavy atom. The monoisotopic (exact) mass is 429 g/mol. The van der Waals surface area contributed by atoms with E-state index in [0.29, 0.717) is 26.8 Å². The number of carbonyl (C=O) groups is 2. The standard InChI is InChI=1S/C23H24ClNO3S/c1-13(2)28-18-10-7-16(8-11-18)20-21(29-14(3)4)23(27)25(22(20)26)19-12-17(24)9-6-15(19)5/h6-14H,1-5H3. The maximum atomic E-state index is 13.4. The number of imide groups is 1. The first-order valence-electron chi connectivity index (χ1n) is 9.52. The molecule has 152 valence electrons. The molecule has 0 saturated heterocycles. The third-order valence-electron chi connectivity index (χ3n) is 4.32. The molecule has 0 unspecified atom stereocenters. The maximum Gasteiger partial charge on any atom is 0.272 e. The van der Waals surface area contributed by atoms with Crippen LogP contribution in [0.15, 0.2) is 47.4 Å². The van der Waals surface area contributed by atoms with Crippen LogP contribution in [0.4, 0.5) is 5.69 Å². The third kappa shape index (κ3) is 4.51. The van der Waals surface area contributed by atoms with Gasteiger partial charge in [0.25, 0.3) is 11.8 Å². The van der Waals surface area contributed by atoms with E-state index in [0.717, 1.165) is 11.3 Å². The van der Waals surface area contributed by atoms with Crippen molar-refractivity contribution in [2.45, 2.75) is 46.0 Å². The lowest BCUT2D eigenvalue weighted by molar-refractivity contribution is -0.119. The van der Waals surface area contributed by atoms with Crippen molar-refractivity contribution in [3.05, 3.63) is 63.5 Å². The summed E-state index contributed by atoms with van der Waals surface area (Å²) in [5.74, 6) is 0.0827. The van der Waals surface area contributed by atoms with Crippen LogP contribution < -0.4 is 9.64 Å². The Morgan fingerprint density at radius 1 is 0.966 bits per heavy atom. The minimum Gasteiger partial charge on any atom is -0.491 e. The number of thioether (sulfide) groups is 1. The summed E-state index contributed by atoms with van der Waals surface area (Å²) < 4.78 is 5.69. The molecule has 1 heterocycles. The van der Waals surface area contributed by atoms with Gasteiger partial charge in [-0.1, -0.05) is 43.6 Å². The fourth-order valence-electron chi connectivity index (χ4n) is 3.12. The molecule has 0 saturated carbocycles. The van der Waals surface area contributed by atoms with Gasteiger partial charge in [0, 0.05) is 10.3 Å². The van der Waals surface area contributed by atoms with E-state index in [1.807, 2.05) is 65.0 Å². The van der Waals surface area contributed by atoms with E-state index in [-0.39, 0.29) is 23.2 Å². The fourth-order valence-corrected chi connectivity index (χ4v) is 4.28. The molecule has 3 rings (SSSR count). The molecule has 0 radical (unpaired) electrons. The van der Waals surface area contributed by atoms with Crippen molar-refractivity contribution in [3.8, 4) is 5.75 Å². The minimum absolute atomic E-state index is 0.0584. The van der Waals surface area contributed by atoms with Gasteiger partial charge in [0.2, 0.25) is 0 Å². The van der Waals surface area contributed by atoms with E-state index in [1.54, 1.807) is 12.1 Å². The molecule has 2 aromatic carbocycles. The molecule has 0 spiro atoms. The maximum absolute atomic E-state index is 13.4. The van der Waals surface area contributed by atoms with E-state index in [2.05, 4.69) is 0 Å². The van der Waals surface area contributed by atoms with E-state index in [9.17, 15) is 9.59 Å². The molecule has 2 amide bonds. The second-order valence-electron chi connectivity index (χ2n) is 7.44. The highest BCUT2D eigenvalue weighted by molar-refractivity contribution is 8.04. The molecule has 4 nitrogen and oxygen atoms in total. The van der Waals surface area contributed by atoms with Gasteiger partial charge in [0.1, 0.15) is 5.75 Å². The first kappa shape index (κ1) is 21.5. The summed E-state index contributed by atoms with van der Waals surface area (Å²) in [7, 11) is 0. The van der Waals surface area contributed by atoms with Crippen LogP contribution in [0.25, 0.3) is 5.57 Å². The number of amides is 2. The third-order valence-corrected chi connectivity index (χ3v) is 5.64. The van der Waals surface area contributed by atoms with Crippen LogP contribution in [-0.2, 0) is 9.59 Å². The minimum atomic E-state index is -0.332. The van der Waals surface area contributed by atoms with Gasteiger partial charge in [-0.15, -0.1) is 11.8 Å². The second kappa shape index (κ2) is 8.64. The van der Waals surface area contributed by atoms with Gasteiger partial charge in [0.15, 0.2) is 0 Å². The number of carbonyl (C=O) groups excluding carboxylic acids is 2. The number of anilines is 1. The average molecular weight is 430 g/mol. The molecular formula is C23H24ClNO3S. The van der Waals surface area contributed by atoms with Crippen LogP contribution in [0.2, 0.25) is 5.02 Å². The number of nitrogens with zero attached hydrogens (tertiary/aromatic N) is 1. The van der Waals surface area contributed by atoms with E-state index < -0.39 is 0 Å². The van der Waals surface area contributed by atoms with Crippen molar-refractivity contribution in [1.82, 2.24) is 0 Å². The molecule has 0 bridgehead atoms. The number of ether oxygens (including phenoxy) is 1. The summed E-state index contributed by atoms with van der Waals surface area (Å²) in [5.41, 5.74) is 2.45. The molecule has 1 aliphatic heterocycles. The lowest BCUT2D eigenvalue weighted by atomic mass is 10.1. The summed E-state index contributed by atoms with van der Waals surface area (Å²) in [6.07, 6.45) is 0.0584. The molecule has 1 aliphatic rings. The van der Waals surface area contributed by atoms with Gasteiger partial charge in [0.05, 0.1) is 22.3 Å². The first-order valence-corrected chi connectivity index (χ1v) is 10.8.